The van der Waals surface area contributed by atoms with E-state index in [4.69, 9.17) is 0 Å². The number of aromatic nitrogens is 3. The molecule has 1 aromatic carbocycles. The highest BCUT2D eigenvalue weighted by Crippen LogP contribution is 2.19. The number of carbonyl (C=O) groups is 1. The van der Waals surface area contributed by atoms with Crippen molar-refractivity contribution in [3.05, 3.63) is 75.2 Å². The highest BCUT2D eigenvalue weighted by atomic mass is 16.6. The van der Waals surface area contributed by atoms with Crippen LogP contribution in [0, 0.1) is 24.0 Å². The number of nitrogens with zero attached hydrogens (tertiary/aromatic N) is 4. The molecule has 3 rings (SSSR count). The van der Waals surface area contributed by atoms with Crippen LogP contribution >= 0.6 is 0 Å². The Balaban J connectivity index is 1.53. The molecule has 0 fully saturated rings. The van der Waals surface area contributed by atoms with E-state index in [9.17, 15) is 14.9 Å². The molecule has 3 aromatic rings. The fraction of sp³-hybridized carbons (Fsp3) is 0.318. The molecule has 2 heterocycles. The van der Waals surface area contributed by atoms with Crippen molar-refractivity contribution >= 4 is 17.4 Å². The first-order valence-corrected chi connectivity index (χ1v) is 10.2. The number of carbonyl (C=O) groups excluding carboxylic acids is 1. The van der Waals surface area contributed by atoms with E-state index >= 15 is 0 Å². The van der Waals surface area contributed by atoms with Gasteiger partial charge in [0, 0.05) is 30.4 Å². The number of hydrogen-bond donors (Lipinski definition) is 2. The van der Waals surface area contributed by atoms with Crippen LogP contribution in [0.4, 0.5) is 11.5 Å². The van der Waals surface area contributed by atoms with Crippen molar-refractivity contribution in [2.75, 3.05) is 18.4 Å². The topological polar surface area (TPSA) is 115 Å². The van der Waals surface area contributed by atoms with Gasteiger partial charge in [-0.1, -0.05) is 13.3 Å². The molecule has 9 heteroatoms. The third kappa shape index (κ3) is 5.25. The van der Waals surface area contributed by atoms with Crippen LogP contribution in [0.1, 0.15) is 40.7 Å². The maximum atomic E-state index is 12.4. The van der Waals surface area contributed by atoms with Gasteiger partial charge in [-0.25, -0.2) is 9.67 Å². The largest absolute Gasteiger partial charge is 0.368 e. The Kier molecular flexibility index (Phi) is 6.96. The van der Waals surface area contributed by atoms with Crippen molar-refractivity contribution in [2.45, 2.75) is 33.6 Å². The summed E-state index contributed by atoms with van der Waals surface area (Å²) >= 11 is 0. The number of hydrogen-bond acceptors (Lipinski definition) is 6. The predicted octanol–water partition coefficient (Wildman–Crippen LogP) is 3.59. The minimum atomic E-state index is -0.499. The van der Waals surface area contributed by atoms with E-state index in [1.54, 1.807) is 12.1 Å². The van der Waals surface area contributed by atoms with Crippen molar-refractivity contribution < 1.29 is 9.72 Å². The van der Waals surface area contributed by atoms with Gasteiger partial charge >= 0.3 is 0 Å². The molecule has 0 saturated carbocycles. The summed E-state index contributed by atoms with van der Waals surface area (Å²) in [6.07, 6.45) is 3.26. The van der Waals surface area contributed by atoms with E-state index in [0.29, 0.717) is 24.5 Å². The monoisotopic (exact) mass is 422 g/mol. The lowest BCUT2D eigenvalue weighted by Crippen LogP contribution is -2.28. The van der Waals surface area contributed by atoms with E-state index in [1.807, 2.05) is 23.7 Å². The molecular formula is C22H26N6O3. The third-order valence-electron chi connectivity index (χ3n) is 4.99. The maximum Gasteiger partial charge on any atom is 0.287 e. The summed E-state index contributed by atoms with van der Waals surface area (Å²) in [6.45, 7) is 7.08. The molecular weight excluding hydrogens is 396 g/mol. The predicted molar refractivity (Wildman–Crippen MR) is 119 cm³/mol. The Morgan fingerprint density at radius 3 is 2.48 bits per heavy atom. The molecule has 0 bridgehead atoms. The first-order chi connectivity index (χ1) is 14.9. The van der Waals surface area contributed by atoms with Gasteiger partial charge in [0.15, 0.2) is 0 Å². The van der Waals surface area contributed by atoms with Crippen LogP contribution in [0.25, 0.3) is 5.69 Å². The fourth-order valence-electron chi connectivity index (χ4n) is 3.36. The summed E-state index contributed by atoms with van der Waals surface area (Å²) in [6, 6.07) is 10.3. The van der Waals surface area contributed by atoms with Gasteiger partial charge in [-0.2, -0.15) is 5.10 Å². The van der Waals surface area contributed by atoms with Crippen LogP contribution in [0.15, 0.2) is 42.6 Å². The Hall–Kier alpha value is -3.75. The molecule has 2 aromatic heterocycles. The van der Waals surface area contributed by atoms with Crippen LogP contribution in [-0.4, -0.2) is 38.7 Å². The quantitative estimate of drug-likeness (QED) is 0.309. The first-order valence-electron chi connectivity index (χ1n) is 10.2. The Morgan fingerprint density at radius 1 is 1.13 bits per heavy atom. The smallest absolute Gasteiger partial charge is 0.287 e. The minimum absolute atomic E-state index is 0.0654. The number of amides is 1. The van der Waals surface area contributed by atoms with Crippen molar-refractivity contribution in [1.29, 1.82) is 0 Å². The number of rotatable bonds is 9. The zero-order chi connectivity index (χ0) is 22.4. The molecule has 0 aliphatic rings. The highest BCUT2D eigenvalue weighted by molar-refractivity contribution is 5.94. The second-order valence-electron chi connectivity index (χ2n) is 7.20. The van der Waals surface area contributed by atoms with Crippen molar-refractivity contribution in [3.63, 3.8) is 0 Å². The van der Waals surface area contributed by atoms with Gasteiger partial charge < -0.3 is 10.6 Å². The van der Waals surface area contributed by atoms with Gasteiger partial charge in [0.05, 0.1) is 16.3 Å². The number of nitrogens with one attached hydrogen (secondary N) is 2. The van der Waals surface area contributed by atoms with Gasteiger partial charge in [-0.15, -0.1) is 0 Å². The number of anilines is 1. The Labute approximate surface area is 180 Å². The van der Waals surface area contributed by atoms with E-state index in [2.05, 4.69) is 34.6 Å². The second-order valence-corrected chi connectivity index (χ2v) is 7.20. The Morgan fingerprint density at radius 2 is 1.87 bits per heavy atom. The summed E-state index contributed by atoms with van der Waals surface area (Å²) in [7, 11) is 0. The SMILES string of the molecule is CCCc1c(C)nn(-c2ccc(C(=O)NCCNc3ccc([N+](=O)[O-])cn3)cc2)c1C. The van der Waals surface area contributed by atoms with E-state index in [1.165, 1.54) is 23.9 Å². The summed E-state index contributed by atoms with van der Waals surface area (Å²) in [5, 5.41) is 21.1. The molecule has 0 radical (unpaired) electrons. The molecule has 31 heavy (non-hydrogen) atoms. The van der Waals surface area contributed by atoms with E-state index in [-0.39, 0.29) is 11.6 Å². The summed E-state index contributed by atoms with van der Waals surface area (Å²) in [5.41, 5.74) is 4.86. The molecule has 162 valence electrons. The van der Waals surface area contributed by atoms with Crippen LogP contribution in [0.2, 0.25) is 0 Å². The first kappa shape index (κ1) is 21.9. The molecule has 0 unspecified atom stereocenters. The van der Waals surface area contributed by atoms with Crippen LogP contribution in [-0.2, 0) is 6.42 Å². The van der Waals surface area contributed by atoms with Gasteiger partial charge in [0.25, 0.3) is 11.6 Å². The van der Waals surface area contributed by atoms with Crippen LogP contribution < -0.4 is 10.6 Å². The summed E-state index contributed by atoms with van der Waals surface area (Å²) < 4.78 is 1.92. The molecule has 1 amide bonds. The Bertz CT molecular complexity index is 1060. The maximum absolute atomic E-state index is 12.4. The minimum Gasteiger partial charge on any atom is -0.368 e. The number of aryl methyl sites for hydroxylation is 1. The van der Waals surface area contributed by atoms with Crippen molar-refractivity contribution in [2.24, 2.45) is 0 Å². The summed E-state index contributed by atoms with van der Waals surface area (Å²) in [5.74, 6) is 0.335. The molecule has 0 saturated heterocycles. The van der Waals surface area contributed by atoms with Gasteiger partial charge in [0.2, 0.25) is 0 Å². The highest BCUT2D eigenvalue weighted by Gasteiger charge is 2.13. The van der Waals surface area contributed by atoms with Gasteiger partial charge in [-0.05, 0) is 56.2 Å². The van der Waals surface area contributed by atoms with Crippen LogP contribution in [0.5, 0.6) is 0 Å². The van der Waals surface area contributed by atoms with Crippen molar-refractivity contribution in [3.8, 4) is 5.69 Å². The molecule has 0 atom stereocenters. The molecule has 0 spiro atoms. The normalized spacial score (nSPS) is 10.7. The zero-order valence-electron chi connectivity index (χ0n) is 17.9. The van der Waals surface area contributed by atoms with E-state index in [0.717, 1.165) is 29.9 Å². The average molecular weight is 422 g/mol. The number of nitro groups is 1. The molecule has 9 nitrogen and oxygen atoms in total. The van der Waals surface area contributed by atoms with Crippen LogP contribution in [0.3, 0.4) is 0 Å². The number of benzene rings is 1. The lowest BCUT2D eigenvalue weighted by molar-refractivity contribution is -0.385. The average Bonchev–Trinajstić information content (AvgIpc) is 3.05. The van der Waals surface area contributed by atoms with Crippen molar-refractivity contribution in [1.82, 2.24) is 20.1 Å². The van der Waals surface area contributed by atoms with Gasteiger partial charge in [0.1, 0.15) is 12.0 Å². The lowest BCUT2D eigenvalue weighted by Gasteiger charge is -2.09. The fourth-order valence-corrected chi connectivity index (χ4v) is 3.36. The zero-order valence-corrected chi connectivity index (χ0v) is 17.9. The standard InChI is InChI=1S/C22H26N6O3/c1-4-5-20-15(2)26-27(16(20)3)18-8-6-17(7-9-18)22(29)24-13-12-23-21-11-10-19(14-25-21)28(30)31/h6-11,14H,4-5,12-13H2,1-3H3,(H,23,25)(H,24,29). The second kappa shape index (κ2) is 9.84. The molecule has 2 N–H and O–H groups in total. The lowest BCUT2D eigenvalue weighted by atomic mass is 10.1. The van der Waals surface area contributed by atoms with Gasteiger partial charge in [-0.3, -0.25) is 14.9 Å². The van der Waals surface area contributed by atoms with E-state index < -0.39 is 4.92 Å². The summed E-state index contributed by atoms with van der Waals surface area (Å²) in [4.78, 5) is 26.5. The molecule has 0 aliphatic heterocycles. The number of pyridine rings is 1. The molecule has 0 aliphatic carbocycles. The third-order valence-corrected chi connectivity index (χ3v) is 4.99.